The molecule has 0 saturated carbocycles. The van der Waals surface area contributed by atoms with Gasteiger partial charge in [-0.05, 0) is 38.9 Å². The first-order chi connectivity index (χ1) is 10.3. The van der Waals surface area contributed by atoms with E-state index in [9.17, 15) is 0 Å². The number of hydrogen-bond acceptors (Lipinski definition) is 4. The highest BCUT2D eigenvalue weighted by atomic mass is 16.3. The molecule has 0 amide bonds. The van der Waals surface area contributed by atoms with Crippen molar-refractivity contribution in [3.8, 4) is 0 Å². The number of piperidine rings is 1. The lowest BCUT2D eigenvalue weighted by atomic mass is 9.99. The Hall–Kier alpha value is -0.840. The molecular weight excluding hydrogens is 262 g/mol. The molecule has 4 nitrogen and oxygen atoms in total. The summed E-state index contributed by atoms with van der Waals surface area (Å²) in [6.07, 6.45) is 4.17. The molecule has 118 valence electrons. The van der Waals surface area contributed by atoms with Gasteiger partial charge in [0.1, 0.15) is 11.5 Å². The smallest absolute Gasteiger partial charge is 0.118 e. The number of furan rings is 1. The molecule has 4 heteroatoms. The number of piperazine rings is 1. The number of nitrogens with zero attached hydrogens (tertiary/aromatic N) is 2. The van der Waals surface area contributed by atoms with Gasteiger partial charge in [0.2, 0.25) is 0 Å². The van der Waals surface area contributed by atoms with Gasteiger partial charge >= 0.3 is 0 Å². The largest absolute Gasteiger partial charge is 0.465 e. The van der Waals surface area contributed by atoms with Crippen LogP contribution in [0.15, 0.2) is 10.5 Å². The quantitative estimate of drug-likeness (QED) is 0.902. The minimum absolute atomic E-state index is 0.782. The molecule has 1 N–H and O–H groups in total. The standard InChI is InChI=1S/C17H29N3O/c1-3-18-11-15-10-17(21-14(15)2)13-19-8-9-20-7-5-4-6-16(20)12-19/h10,16,18H,3-9,11-13H2,1-2H3. The monoisotopic (exact) mass is 291 g/mol. The summed E-state index contributed by atoms with van der Waals surface area (Å²) in [7, 11) is 0. The van der Waals surface area contributed by atoms with Crippen LogP contribution in [0, 0.1) is 6.92 Å². The molecule has 2 aliphatic heterocycles. The fourth-order valence-corrected chi connectivity index (χ4v) is 3.69. The summed E-state index contributed by atoms with van der Waals surface area (Å²) >= 11 is 0. The third-order valence-corrected chi connectivity index (χ3v) is 4.94. The van der Waals surface area contributed by atoms with Crippen LogP contribution < -0.4 is 5.32 Å². The average Bonchev–Trinajstić information content (AvgIpc) is 2.84. The van der Waals surface area contributed by atoms with Crippen LogP contribution in [0.4, 0.5) is 0 Å². The van der Waals surface area contributed by atoms with Crippen molar-refractivity contribution >= 4 is 0 Å². The van der Waals surface area contributed by atoms with Crippen LogP contribution in [0.1, 0.15) is 43.3 Å². The Balaban J connectivity index is 1.56. The van der Waals surface area contributed by atoms with Gasteiger partial charge in [0.15, 0.2) is 0 Å². The van der Waals surface area contributed by atoms with E-state index in [0.717, 1.165) is 37.2 Å². The van der Waals surface area contributed by atoms with E-state index >= 15 is 0 Å². The van der Waals surface area contributed by atoms with Gasteiger partial charge in [0.05, 0.1) is 6.54 Å². The molecule has 0 aliphatic carbocycles. The molecule has 2 aliphatic rings. The van der Waals surface area contributed by atoms with Crippen molar-refractivity contribution in [2.45, 2.75) is 52.2 Å². The molecule has 1 aromatic rings. The summed E-state index contributed by atoms with van der Waals surface area (Å²) in [5.41, 5.74) is 1.31. The zero-order valence-corrected chi connectivity index (χ0v) is 13.5. The van der Waals surface area contributed by atoms with E-state index < -0.39 is 0 Å². The summed E-state index contributed by atoms with van der Waals surface area (Å²) < 4.78 is 5.96. The van der Waals surface area contributed by atoms with Gasteiger partial charge in [-0.1, -0.05) is 13.3 Å². The van der Waals surface area contributed by atoms with Gasteiger partial charge in [0.25, 0.3) is 0 Å². The van der Waals surface area contributed by atoms with Crippen LogP contribution in [0.3, 0.4) is 0 Å². The molecule has 1 unspecified atom stereocenters. The molecule has 2 fully saturated rings. The second kappa shape index (κ2) is 6.95. The number of hydrogen-bond donors (Lipinski definition) is 1. The molecular formula is C17H29N3O. The Bertz CT molecular complexity index is 457. The number of rotatable bonds is 5. The maximum absolute atomic E-state index is 5.96. The Labute approximate surface area is 128 Å². The van der Waals surface area contributed by atoms with Crippen molar-refractivity contribution in [3.63, 3.8) is 0 Å². The number of aryl methyl sites for hydroxylation is 1. The number of fused-ring (bicyclic) bond motifs is 1. The van der Waals surface area contributed by atoms with Crippen LogP contribution >= 0.6 is 0 Å². The topological polar surface area (TPSA) is 31.6 Å². The van der Waals surface area contributed by atoms with E-state index in [0.29, 0.717) is 0 Å². The van der Waals surface area contributed by atoms with Crippen molar-refractivity contribution in [2.75, 3.05) is 32.7 Å². The van der Waals surface area contributed by atoms with E-state index in [-0.39, 0.29) is 0 Å². The lowest BCUT2D eigenvalue weighted by Gasteiger charge is -2.43. The van der Waals surface area contributed by atoms with Gasteiger partial charge in [-0.15, -0.1) is 0 Å². The van der Waals surface area contributed by atoms with Crippen molar-refractivity contribution in [1.29, 1.82) is 0 Å². The summed E-state index contributed by atoms with van der Waals surface area (Å²) in [6.45, 7) is 12.0. The van der Waals surface area contributed by atoms with E-state index in [1.807, 2.05) is 0 Å². The Morgan fingerprint density at radius 1 is 1.29 bits per heavy atom. The lowest BCUT2D eigenvalue weighted by molar-refractivity contribution is 0.0425. The van der Waals surface area contributed by atoms with Crippen molar-refractivity contribution in [2.24, 2.45) is 0 Å². The van der Waals surface area contributed by atoms with E-state index in [1.165, 1.54) is 51.0 Å². The maximum atomic E-state index is 5.96. The first kappa shape index (κ1) is 15.1. The van der Waals surface area contributed by atoms with E-state index in [2.05, 4.69) is 35.0 Å². The minimum atomic E-state index is 0.782. The zero-order valence-electron chi connectivity index (χ0n) is 13.5. The van der Waals surface area contributed by atoms with E-state index in [1.54, 1.807) is 0 Å². The third kappa shape index (κ3) is 3.68. The lowest BCUT2D eigenvalue weighted by Crippen LogP contribution is -2.54. The predicted octanol–water partition coefficient (Wildman–Crippen LogP) is 2.37. The van der Waals surface area contributed by atoms with Crippen LogP contribution in [0.5, 0.6) is 0 Å². The normalized spacial score (nSPS) is 24.2. The zero-order chi connectivity index (χ0) is 14.7. The van der Waals surface area contributed by atoms with Crippen LogP contribution in [0.2, 0.25) is 0 Å². The molecule has 0 bridgehead atoms. The first-order valence-corrected chi connectivity index (χ1v) is 8.51. The minimum Gasteiger partial charge on any atom is -0.465 e. The molecule has 1 aromatic heterocycles. The van der Waals surface area contributed by atoms with Gasteiger partial charge in [-0.2, -0.15) is 0 Å². The van der Waals surface area contributed by atoms with Crippen LogP contribution in [0.25, 0.3) is 0 Å². The van der Waals surface area contributed by atoms with Gasteiger partial charge in [-0.25, -0.2) is 0 Å². The highest BCUT2D eigenvalue weighted by Gasteiger charge is 2.29. The summed E-state index contributed by atoms with van der Waals surface area (Å²) in [4.78, 5) is 5.26. The third-order valence-electron chi connectivity index (χ3n) is 4.94. The highest BCUT2D eigenvalue weighted by Crippen LogP contribution is 2.23. The summed E-state index contributed by atoms with van der Waals surface area (Å²) in [5, 5.41) is 3.38. The predicted molar refractivity (Wildman–Crippen MR) is 85.3 cm³/mol. The second-order valence-electron chi connectivity index (χ2n) is 6.50. The van der Waals surface area contributed by atoms with Crippen molar-refractivity contribution in [1.82, 2.24) is 15.1 Å². The molecule has 2 saturated heterocycles. The summed E-state index contributed by atoms with van der Waals surface area (Å²) in [5.74, 6) is 2.20. The van der Waals surface area contributed by atoms with E-state index in [4.69, 9.17) is 4.42 Å². The molecule has 3 rings (SSSR count). The molecule has 0 spiro atoms. The average molecular weight is 291 g/mol. The first-order valence-electron chi connectivity index (χ1n) is 8.51. The summed E-state index contributed by atoms with van der Waals surface area (Å²) in [6, 6.07) is 3.02. The second-order valence-corrected chi connectivity index (χ2v) is 6.50. The molecule has 21 heavy (non-hydrogen) atoms. The molecule has 0 aromatic carbocycles. The Morgan fingerprint density at radius 3 is 3.05 bits per heavy atom. The van der Waals surface area contributed by atoms with Gasteiger partial charge in [-0.3, -0.25) is 9.80 Å². The van der Waals surface area contributed by atoms with Crippen LogP contribution in [-0.2, 0) is 13.1 Å². The van der Waals surface area contributed by atoms with Crippen molar-refractivity contribution < 1.29 is 4.42 Å². The molecule has 1 atom stereocenters. The fraction of sp³-hybridized carbons (Fsp3) is 0.765. The Kier molecular flexibility index (Phi) is 4.99. The van der Waals surface area contributed by atoms with Gasteiger partial charge in [0, 0.05) is 37.8 Å². The van der Waals surface area contributed by atoms with Crippen LogP contribution in [-0.4, -0.2) is 48.6 Å². The number of nitrogens with one attached hydrogen (secondary N) is 1. The highest BCUT2D eigenvalue weighted by molar-refractivity contribution is 5.20. The molecule has 0 radical (unpaired) electrons. The fourth-order valence-electron chi connectivity index (χ4n) is 3.69. The Morgan fingerprint density at radius 2 is 2.19 bits per heavy atom. The SMILES string of the molecule is CCNCc1cc(CN2CCN3CCCCC3C2)oc1C. The van der Waals surface area contributed by atoms with Gasteiger partial charge < -0.3 is 9.73 Å². The van der Waals surface area contributed by atoms with Crippen molar-refractivity contribution in [3.05, 3.63) is 23.2 Å². The molecule has 3 heterocycles. The maximum Gasteiger partial charge on any atom is 0.118 e.